The molecule has 0 radical (unpaired) electrons. The van der Waals surface area contributed by atoms with E-state index in [1.165, 1.54) is 38.6 Å². The number of para-hydroxylation sites is 2. The second kappa shape index (κ2) is 6.08. The van der Waals surface area contributed by atoms with Gasteiger partial charge in [-0.2, -0.15) is 0 Å². The van der Waals surface area contributed by atoms with Crippen LogP contribution < -0.4 is 5.73 Å². The van der Waals surface area contributed by atoms with Gasteiger partial charge >= 0.3 is 0 Å². The fourth-order valence-electron chi connectivity index (χ4n) is 4.22. The van der Waals surface area contributed by atoms with Crippen LogP contribution in [-0.4, -0.2) is 15.7 Å². The first-order valence-electron chi connectivity index (χ1n) is 8.88. The fraction of sp³-hybridized carbons (Fsp3) is 0.273. The van der Waals surface area contributed by atoms with Crippen LogP contribution in [0.25, 0.3) is 21.8 Å². The lowest BCUT2D eigenvalue weighted by atomic mass is 9.90. The largest absolute Gasteiger partial charge is 0.350 e. The molecule has 4 aromatic rings. The topological polar surface area (TPSA) is 35.9 Å². The molecule has 128 valence electrons. The van der Waals surface area contributed by atoms with Gasteiger partial charge in [0, 0.05) is 53.7 Å². The van der Waals surface area contributed by atoms with Crippen molar-refractivity contribution >= 4 is 21.8 Å². The summed E-state index contributed by atoms with van der Waals surface area (Å²) in [4.78, 5) is 0. The monoisotopic (exact) mass is 331 g/mol. The lowest BCUT2D eigenvalue weighted by molar-refractivity contribution is 0.689. The molecule has 1 atom stereocenters. The van der Waals surface area contributed by atoms with Gasteiger partial charge in [0.15, 0.2) is 0 Å². The minimum absolute atomic E-state index is 0.317. The first-order chi connectivity index (χ1) is 12.1. The van der Waals surface area contributed by atoms with Crippen molar-refractivity contribution in [2.24, 2.45) is 19.8 Å². The minimum Gasteiger partial charge on any atom is -0.350 e. The van der Waals surface area contributed by atoms with Gasteiger partial charge in [-0.05, 0) is 43.1 Å². The Morgan fingerprint density at radius 2 is 1.56 bits per heavy atom. The van der Waals surface area contributed by atoms with Crippen molar-refractivity contribution in [3.63, 3.8) is 0 Å². The van der Waals surface area contributed by atoms with Crippen LogP contribution in [0.4, 0.5) is 0 Å². The number of aryl methyl sites for hydroxylation is 2. The highest BCUT2D eigenvalue weighted by Crippen LogP contribution is 2.34. The molecule has 3 nitrogen and oxygen atoms in total. The molecule has 0 fully saturated rings. The van der Waals surface area contributed by atoms with E-state index < -0.39 is 0 Å². The quantitative estimate of drug-likeness (QED) is 0.596. The number of aromatic nitrogens is 2. The number of hydrogen-bond acceptors (Lipinski definition) is 1. The summed E-state index contributed by atoms with van der Waals surface area (Å²) >= 11 is 0. The van der Waals surface area contributed by atoms with Crippen LogP contribution in [0.1, 0.15) is 22.7 Å². The Kier molecular flexibility index (Phi) is 3.89. The molecule has 2 aromatic carbocycles. The number of benzene rings is 2. The van der Waals surface area contributed by atoms with Crippen molar-refractivity contribution in [1.29, 1.82) is 0 Å². The summed E-state index contributed by atoms with van der Waals surface area (Å²) in [6.45, 7) is 2.86. The van der Waals surface area contributed by atoms with Crippen LogP contribution in [0, 0.1) is 6.92 Å². The molecule has 2 N–H and O–H groups in total. The third-order valence-electron chi connectivity index (χ3n) is 5.59. The van der Waals surface area contributed by atoms with Crippen molar-refractivity contribution in [1.82, 2.24) is 9.13 Å². The van der Waals surface area contributed by atoms with Gasteiger partial charge in [-0.3, -0.25) is 0 Å². The zero-order valence-electron chi connectivity index (χ0n) is 15.2. The van der Waals surface area contributed by atoms with Crippen LogP contribution in [0.15, 0.2) is 54.7 Å². The van der Waals surface area contributed by atoms with E-state index in [1.54, 1.807) is 0 Å². The normalized spacial score (nSPS) is 13.0. The predicted molar refractivity (Wildman–Crippen MR) is 106 cm³/mol. The maximum Gasteiger partial charge on any atom is 0.0482 e. The van der Waals surface area contributed by atoms with Gasteiger partial charge in [0.1, 0.15) is 0 Å². The molecule has 0 saturated carbocycles. The summed E-state index contributed by atoms with van der Waals surface area (Å²) in [5, 5.41) is 2.67. The Morgan fingerprint density at radius 1 is 0.920 bits per heavy atom. The van der Waals surface area contributed by atoms with Gasteiger partial charge in [0.25, 0.3) is 0 Å². The molecule has 0 aliphatic rings. The fourth-order valence-corrected chi connectivity index (χ4v) is 4.22. The molecule has 4 rings (SSSR count). The van der Waals surface area contributed by atoms with Gasteiger partial charge in [-0.1, -0.05) is 36.4 Å². The van der Waals surface area contributed by atoms with E-state index in [1.807, 2.05) is 0 Å². The first kappa shape index (κ1) is 16.0. The van der Waals surface area contributed by atoms with E-state index >= 15 is 0 Å². The minimum atomic E-state index is 0.317. The van der Waals surface area contributed by atoms with Gasteiger partial charge in [0.05, 0.1) is 0 Å². The van der Waals surface area contributed by atoms with Crippen LogP contribution in [0.5, 0.6) is 0 Å². The second-order valence-corrected chi connectivity index (χ2v) is 6.99. The van der Waals surface area contributed by atoms with Crippen LogP contribution >= 0.6 is 0 Å². The maximum atomic E-state index is 6.26. The van der Waals surface area contributed by atoms with E-state index in [0.29, 0.717) is 12.5 Å². The highest BCUT2D eigenvalue weighted by Gasteiger charge is 2.21. The average molecular weight is 331 g/mol. The van der Waals surface area contributed by atoms with Crippen LogP contribution in [-0.2, 0) is 20.5 Å². The Hall–Kier alpha value is -2.52. The summed E-state index contributed by atoms with van der Waals surface area (Å²) in [7, 11) is 4.26. The molecule has 3 heteroatoms. The zero-order valence-corrected chi connectivity index (χ0v) is 15.2. The van der Waals surface area contributed by atoms with E-state index in [9.17, 15) is 0 Å². The summed E-state index contributed by atoms with van der Waals surface area (Å²) in [5.41, 5.74) is 12.9. The van der Waals surface area contributed by atoms with Crippen molar-refractivity contribution in [2.75, 3.05) is 6.54 Å². The van der Waals surface area contributed by atoms with E-state index in [2.05, 4.69) is 84.9 Å². The molecule has 25 heavy (non-hydrogen) atoms. The average Bonchev–Trinajstić information content (AvgIpc) is 3.09. The van der Waals surface area contributed by atoms with Crippen LogP contribution in [0.3, 0.4) is 0 Å². The van der Waals surface area contributed by atoms with Crippen molar-refractivity contribution in [3.05, 3.63) is 71.5 Å². The van der Waals surface area contributed by atoms with E-state index in [0.717, 1.165) is 6.42 Å². The summed E-state index contributed by atoms with van der Waals surface area (Å²) < 4.78 is 4.50. The number of hydrogen-bond donors (Lipinski definition) is 1. The van der Waals surface area contributed by atoms with Crippen molar-refractivity contribution < 1.29 is 0 Å². The van der Waals surface area contributed by atoms with Gasteiger partial charge in [0.2, 0.25) is 0 Å². The first-order valence-corrected chi connectivity index (χ1v) is 8.88. The van der Waals surface area contributed by atoms with Gasteiger partial charge < -0.3 is 14.9 Å². The molecule has 1 unspecified atom stereocenters. The third kappa shape index (κ3) is 2.47. The number of nitrogens with zero attached hydrogens (tertiary/aromatic N) is 2. The molecule has 0 aliphatic carbocycles. The Labute approximate surface area is 148 Å². The highest BCUT2D eigenvalue weighted by molar-refractivity contribution is 5.87. The lowest BCUT2D eigenvalue weighted by Gasteiger charge is -2.16. The molecular weight excluding hydrogens is 306 g/mol. The van der Waals surface area contributed by atoms with Crippen molar-refractivity contribution in [3.8, 4) is 0 Å². The van der Waals surface area contributed by atoms with Crippen LogP contribution in [0.2, 0.25) is 0 Å². The third-order valence-corrected chi connectivity index (χ3v) is 5.59. The molecule has 0 bridgehead atoms. The summed E-state index contributed by atoms with van der Waals surface area (Å²) in [6, 6.07) is 17.3. The lowest BCUT2D eigenvalue weighted by Crippen LogP contribution is -2.16. The zero-order chi connectivity index (χ0) is 17.6. The van der Waals surface area contributed by atoms with Gasteiger partial charge in [-0.15, -0.1) is 0 Å². The molecular formula is C22H25N3. The number of nitrogens with two attached hydrogens (primary N) is 1. The predicted octanol–water partition coefficient (Wildman–Crippen LogP) is 4.26. The maximum absolute atomic E-state index is 6.26. The van der Waals surface area contributed by atoms with Gasteiger partial charge in [-0.25, -0.2) is 0 Å². The Bertz CT molecular complexity index is 1050. The van der Waals surface area contributed by atoms with E-state index in [-0.39, 0.29) is 0 Å². The number of fused-ring (bicyclic) bond motifs is 2. The van der Waals surface area contributed by atoms with E-state index in [4.69, 9.17) is 5.73 Å². The Balaban J connectivity index is 1.83. The summed E-state index contributed by atoms with van der Waals surface area (Å²) in [6.07, 6.45) is 3.22. The Morgan fingerprint density at radius 3 is 2.28 bits per heavy atom. The smallest absolute Gasteiger partial charge is 0.0482 e. The summed E-state index contributed by atoms with van der Waals surface area (Å²) in [5.74, 6) is 0.317. The van der Waals surface area contributed by atoms with Crippen molar-refractivity contribution in [2.45, 2.75) is 19.3 Å². The SMILES string of the molecule is Cc1c(C(CN)Cc2cn(C)c3ccccc23)c2ccccc2n1C. The highest BCUT2D eigenvalue weighted by atomic mass is 14.9. The molecule has 0 saturated heterocycles. The molecule has 2 heterocycles. The second-order valence-electron chi connectivity index (χ2n) is 6.99. The molecule has 0 aliphatic heterocycles. The molecule has 0 amide bonds. The molecule has 0 spiro atoms. The standard InChI is InChI=1S/C22H25N3/c1-15-22(19-9-5-7-11-21(19)25(15)3)16(13-23)12-17-14-24(2)20-10-6-4-8-18(17)20/h4-11,14,16H,12-13,23H2,1-3H3. The number of rotatable bonds is 4. The molecule has 2 aromatic heterocycles.